The van der Waals surface area contributed by atoms with Gasteiger partial charge in [0.25, 0.3) is 0 Å². The second-order valence-corrected chi connectivity index (χ2v) is 8.54. The zero-order valence-electron chi connectivity index (χ0n) is 14.3. The second kappa shape index (κ2) is 7.52. The molecule has 26 heavy (non-hydrogen) atoms. The Morgan fingerprint density at radius 1 is 1.23 bits per heavy atom. The highest BCUT2D eigenvalue weighted by Gasteiger charge is 2.36. The third kappa shape index (κ3) is 3.71. The van der Waals surface area contributed by atoms with Gasteiger partial charge in [-0.15, -0.1) is 0 Å². The summed E-state index contributed by atoms with van der Waals surface area (Å²) < 4.78 is 40.6. The molecule has 0 bridgehead atoms. The zero-order chi connectivity index (χ0) is 19.8. The van der Waals surface area contributed by atoms with Gasteiger partial charge in [0.05, 0.1) is 5.02 Å². The number of carbonyl (C=O) groups is 1. The van der Waals surface area contributed by atoms with E-state index in [4.69, 9.17) is 28.9 Å². The standard InChI is InChI=1S/C17H17Cl2FN2O3S/c1-9-7-13(18)10(2)16(14(9)19)26(24,25)22(3)15(17(21)23)11-5-4-6-12(20)8-11/h4-8,15H,1-3H3,(H2,21,23)/t15-/m0/s1. The average Bonchev–Trinajstić information content (AvgIpc) is 2.53. The van der Waals surface area contributed by atoms with Crippen molar-refractivity contribution >= 4 is 39.1 Å². The van der Waals surface area contributed by atoms with Crippen LogP contribution in [0.1, 0.15) is 22.7 Å². The molecule has 1 amide bonds. The number of nitrogens with zero attached hydrogens (tertiary/aromatic N) is 1. The lowest BCUT2D eigenvalue weighted by Crippen LogP contribution is -2.39. The molecule has 2 aromatic carbocycles. The van der Waals surface area contributed by atoms with Crippen LogP contribution in [0, 0.1) is 19.7 Å². The molecule has 0 unspecified atom stereocenters. The van der Waals surface area contributed by atoms with Gasteiger partial charge in [-0.25, -0.2) is 12.8 Å². The number of nitrogens with two attached hydrogens (primary N) is 1. The molecule has 0 saturated heterocycles. The van der Waals surface area contributed by atoms with Crippen LogP contribution >= 0.6 is 23.2 Å². The van der Waals surface area contributed by atoms with Crippen LogP contribution in [0.3, 0.4) is 0 Å². The molecule has 0 aromatic heterocycles. The summed E-state index contributed by atoms with van der Waals surface area (Å²) in [5.41, 5.74) is 6.23. The molecule has 9 heteroatoms. The van der Waals surface area contributed by atoms with Crippen molar-refractivity contribution in [2.75, 3.05) is 7.05 Å². The van der Waals surface area contributed by atoms with E-state index in [1.54, 1.807) is 13.0 Å². The van der Waals surface area contributed by atoms with Crippen LogP contribution in [0.25, 0.3) is 0 Å². The van der Waals surface area contributed by atoms with Crippen molar-refractivity contribution in [2.24, 2.45) is 5.73 Å². The van der Waals surface area contributed by atoms with Crippen molar-refractivity contribution in [3.63, 3.8) is 0 Å². The molecule has 0 aliphatic carbocycles. The van der Waals surface area contributed by atoms with Crippen molar-refractivity contribution in [2.45, 2.75) is 24.8 Å². The highest BCUT2D eigenvalue weighted by Crippen LogP contribution is 2.37. The minimum atomic E-state index is -4.26. The van der Waals surface area contributed by atoms with Crippen LogP contribution in [0.2, 0.25) is 10.0 Å². The van der Waals surface area contributed by atoms with Crippen LogP contribution in [-0.4, -0.2) is 25.7 Å². The molecule has 1 atom stereocenters. The highest BCUT2D eigenvalue weighted by atomic mass is 35.5. The molecular formula is C17H17Cl2FN2O3S. The first-order valence-corrected chi connectivity index (χ1v) is 9.66. The van der Waals surface area contributed by atoms with Gasteiger partial charge in [0.1, 0.15) is 16.8 Å². The molecule has 140 valence electrons. The number of rotatable bonds is 5. The minimum Gasteiger partial charge on any atom is -0.368 e. The topological polar surface area (TPSA) is 80.5 Å². The predicted molar refractivity (Wildman–Crippen MR) is 99.2 cm³/mol. The van der Waals surface area contributed by atoms with E-state index in [0.29, 0.717) is 5.56 Å². The first-order valence-electron chi connectivity index (χ1n) is 7.46. The molecule has 0 aliphatic rings. The number of amides is 1. The monoisotopic (exact) mass is 418 g/mol. The van der Waals surface area contributed by atoms with E-state index in [9.17, 15) is 17.6 Å². The number of hydrogen-bond donors (Lipinski definition) is 1. The molecule has 0 saturated carbocycles. The average molecular weight is 419 g/mol. The van der Waals surface area contributed by atoms with Gasteiger partial charge in [-0.2, -0.15) is 4.31 Å². The molecule has 0 fully saturated rings. The van der Waals surface area contributed by atoms with Crippen LogP contribution in [-0.2, 0) is 14.8 Å². The first-order chi connectivity index (χ1) is 12.0. The van der Waals surface area contributed by atoms with E-state index < -0.39 is 27.8 Å². The summed E-state index contributed by atoms with van der Waals surface area (Å²) in [6.45, 7) is 3.13. The lowest BCUT2D eigenvalue weighted by Gasteiger charge is -2.27. The Morgan fingerprint density at radius 2 is 1.85 bits per heavy atom. The predicted octanol–water partition coefficient (Wildman–Crippen LogP) is 3.60. The molecule has 0 radical (unpaired) electrons. The summed E-state index contributed by atoms with van der Waals surface area (Å²) in [6, 6.07) is 5.16. The van der Waals surface area contributed by atoms with E-state index >= 15 is 0 Å². The van der Waals surface area contributed by atoms with Crippen molar-refractivity contribution in [1.82, 2.24) is 4.31 Å². The van der Waals surface area contributed by atoms with E-state index in [1.165, 1.54) is 32.2 Å². The maximum absolute atomic E-state index is 13.5. The maximum Gasteiger partial charge on any atom is 0.245 e. The summed E-state index contributed by atoms with van der Waals surface area (Å²) in [5, 5.41) is 0.224. The summed E-state index contributed by atoms with van der Waals surface area (Å²) >= 11 is 12.3. The number of benzene rings is 2. The summed E-state index contributed by atoms with van der Waals surface area (Å²) in [6.07, 6.45) is 0. The van der Waals surface area contributed by atoms with Gasteiger partial charge in [0.2, 0.25) is 15.9 Å². The third-order valence-electron chi connectivity index (χ3n) is 4.02. The van der Waals surface area contributed by atoms with Crippen molar-refractivity contribution in [3.05, 3.63) is 62.9 Å². The van der Waals surface area contributed by atoms with Gasteiger partial charge < -0.3 is 5.73 Å². The minimum absolute atomic E-state index is 0.00112. The van der Waals surface area contributed by atoms with Crippen LogP contribution in [0.15, 0.2) is 35.2 Å². The van der Waals surface area contributed by atoms with Gasteiger partial charge in [0.15, 0.2) is 0 Å². The Bertz CT molecular complexity index is 954. The number of aryl methyl sites for hydroxylation is 1. The normalized spacial score (nSPS) is 13.0. The van der Waals surface area contributed by atoms with Gasteiger partial charge in [0, 0.05) is 12.1 Å². The SMILES string of the molecule is Cc1cc(Cl)c(C)c(S(=O)(=O)N(C)[C@H](C(N)=O)c2cccc(F)c2)c1Cl. The second-order valence-electron chi connectivity index (χ2n) is 5.82. The van der Waals surface area contributed by atoms with Gasteiger partial charge in [-0.05, 0) is 48.7 Å². The number of carbonyl (C=O) groups excluding carboxylic acids is 1. The highest BCUT2D eigenvalue weighted by molar-refractivity contribution is 7.89. The fraction of sp³-hybridized carbons (Fsp3) is 0.235. The molecule has 2 N–H and O–H groups in total. The fourth-order valence-corrected chi connectivity index (χ4v) is 5.11. The Balaban J connectivity index is 2.67. The van der Waals surface area contributed by atoms with E-state index in [1.807, 2.05) is 0 Å². The van der Waals surface area contributed by atoms with Crippen molar-refractivity contribution < 1.29 is 17.6 Å². The summed E-state index contributed by atoms with van der Waals surface area (Å²) in [7, 11) is -3.07. The van der Waals surface area contributed by atoms with Crippen LogP contribution in [0.4, 0.5) is 4.39 Å². The number of likely N-dealkylation sites (N-methyl/N-ethyl adjacent to an activating group) is 1. The Hall–Kier alpha value is -1.67. The summed E-state index contributed by atoms with van der Waals surface area (Å²) in [5.74, 6) is -1.57. The quantitative estimate of drug-likeness (QED) is 0.804. The lowest BCUT2D eigenvalue weighted by atomic mass is 10.1. The maximum atomic E-state index is 13.5. The Morgan fingerprint density at radius 3 is 2.38 bits per heavy atom. The molecule has 2 aromatic rings. The zero-order valence-corrected chi connectivity index (χ0v) is 16.6. The van der Waals surface area contributed by atoms with Gasteiger partial charge >= 0.3 is 0 Å². The molecule has 0 aliphatic heterocycles. The summed E-state index contributed by atoms with van der Waals surface area (Å²) in [4.78, 5) is 11.8. The van der Waals surface area contributed by atoms with Crippen LogP contribution < -0.4 is 5.73 Å². The van der Waals surface area contributed by atoms with Gasteiger partial charge in [-0.3, -0.25) is 4.79 Å². The molecular weight excluding hydrogens is 402 g/mol. The Labute approximate surface area is 161 Å². The molecule has 2 rings (SSSR count). The molecule has 0 spiro atoms. The lowest BCUT2D eigenvalue weighted by molar-refractivity contribution is -0.121. The van der Waals surface area contributed by atoms with Crippen molar-refractivity contribution in [3.8, 4) is 0 Å². The van der Waals surface area contributed by atoms with Gasteiger partial charge in [-0.1, -0.05) is 35.3 Å². The Kier molecular flexibility index (Phi) is 5.97. The number of primary amides is 1. The smallest absolute Gasteiger partial charge is 0.245 e. The van der Waals surface area contributed by atoms with Crippen LogP contribution in [0.5, 0.6) is 0 Å². The van der Waals surface area contributed by atoms with Crippen molar-refractivity contribution in [1.29, 1.82) is 0 Å². The third-order valence-corrected chi connectivity index (χ3v) is 7.01. The van der Waals surface area contributed by atoms with E-state index in [0.717, 1.165) is 10.4 Å². The largest absolute Gasteiger partial charge is 0.368 e. The molecule has 5 nitrogen and oxygen atoms in total. The number of sulfonamides is 1. The first kappa shape index (κ1) is 20.6. The fourth-order valence-electron chi connectivity index (χ4n) is 2.63. The molecule has 0 heterocycles. The number of halogens is 3. The van der Waals surface area contributed by atoms with E-state index in [2.05, 4.69) is 0 Å². The number of hydrogen-bond acceptors (Lipinski definition) is 3. The van der Waals surface area contributed by atoms with E-state index in [-0.39, 0.29) is 26.1 Å².